The minimum atomic E-state index is 0.287. The largest absolute Gasteiger partial charge is 0.338 e. The maximum Gasteiger partial charge on any atom is 0.240 e. The Morgan fingerprint density at radius 1 is 1.33 bits per heavy atom. The first-order valence-corrected chi connectivity index (χ1v) is 7.36. The summed E-state index contributed by atoms with van der Waals surface area (Å²) in [5, 5.41) is 3.95. The van der Waals surface area contributed by atoms with Crippen molar-refractivity contribution in [3.05, 3.63) is 28.9 Å². The van der Waals surface area contributed by atoms with Crippen LogP contribution in [0.1, 0.15) is 48.7 Å². The van der Waals surface area contributed by atoms with E-state index in [0.717, 1.165) is 25.3 Å². The molecule has 2 N–H and O–H groups in total. The monoisotopic (exact) mass is 290 g/mol. The van der Waals surface area contributed by atoms with Crippen molar-refractivity contribution in [3.63, 3.8) is 0 Å². The highest BCUT2D eigenvalue weighted by molar-refractivity contribution is 5.21. The molecule has 2 aromatic rings. The molecule has 3 rings (SSSR count). The van der Waals surface area contributed by atoms with Gasteiger partial charge in [0.2, 0.25) is 5.89 Å². The van der Waals surface area contributed by atoms with Gasteiger partial charge >= 0.3 is 0 Å². The van der Waals surface area contributed by atoms with Crippen LogP contribution in [0.3, 0.4) is 0 Å². The van der Waals surface area contributed by atoms with E-state index in [1.165, 1.54) is 11.4 Å². The third-order valence-corrected chi connectivity index (χ3v) is 3.94. The molecular formula is C14H22N6O. The number of imidazole rings is 1. The Morgan fingerprint density at radius 2 is 2.14 bits per heavy atom. The minimum Gasteiger partial charge on any atom is -0.338 e. The average Bonchev–Trinajstić information content (AvgIpc) is 3.04. The van der Waals surface area contributed by atoms with Crippen molar-refractivity contribution in [2.45, 2.75) is 45.8 Å². The number of aromatic nitrogens is 4. The van der Waals surface area contributed by atoms with Gasteiger partial charge in [-0.15, -0.1) is 0 Å². The zero-order valence-corrected chi connectivity index (χ0v) is 12.8. The molecule has 0 amide bonds. The van der Waals surface area contributed by atoms with E-state index in [2.05, 4.69) is 40.5 Å². The van der Waals surface area contributed by atoms with Crippen molar-refractivity contribution in [3.8, 4) is 0 Å². The van der Waals surface area contributed by atoms with Gasteiger partial charge in [-0.05, 0) is 0 Å². The maximum absolute atomic E-state index is 5.48. The lowest BCUT2D eigenvalue weighted by molar-refractivity contribution is 0.230. The first-order valence-electron chi connectivity index (χ1n) is 7.36. The number of nitrogens with two attached hydrogens (primary N) is 1. The van der Waals surface area contributed by atoms with Crippen LogP contribution in [0.4, 0.5) is 0 Å². The molecule has 0 radical (unpaired) electrons. The highest BCUT2D eigenvalue weighted by atomic mass is 16.5. The van der Waals surface area contributed by atoms with Crippen LogP contribution in [0.5, 0.6) is 0 Å². The van der Waals surface area contributed by atoms with Gasteiger partial charge in [0.15, 0.2) is 5.82 Å². The number of fused-ring (bicyclic) bond motifs is 1. The third kappa shape index (κ3) is 2.71. The second kappa shape index (κ2) is 5.57. The number of nitrogens with zero attached hydrogens (tertiary/aromatic N) is 5. The van der Waals surface area contributed by atoms with Crippen molar-refractivity contribution in [2.24, 2.45) is 12.8 Å². The van der Waals surface area contributed by atoms with Crippen molar-refractivity contribution in [2.75, 3.05) is 6.54 Å². The molecular weight excluding hydrogens is 268 g/mol. The normalized spacial score (nSPS) is 15.7. The molecule has 0 fully saturated rings. The Balaban J connectivity index is 1.73. The van der Waals surface area contributed by atoms with Crippen LogP contribution in [0.15, 0.2) is 4.52 Å². The van der Waals surface area contributed by atoms with Crippen molar-refractivity contribution < 1.29 is 4.52 Å². The second-order valence-electron chi connectivity index (χ2n) is 5.85. The van der Waals surface area contributed by atoms with Crippen molar-refractivity contribution in [1.29, 1.82) is 0 Å². The Kier molecular flexibility index (Phi) is 3.77. The van der Waals surface area contributed by atoms with E-state index in [1.807, 2.05) is 0 Å². The van der Waals surface area contributed by atoms with E-state index in [9.17, 15) is 0 Å². The highest BCUT2D eigenvalue weighted by Crippen LogP contribution is 2.23. The first kappa shape index (κ1) is 14.2. The number of hydrogen-bond acceptors (Lipinski definition) is 6. The van der Waals surface area contributed by atoms with Crippen LogP contribution in [-0.2, 0) is 33.1 Å². The van der Waals surface area contributed by atoms with Gasteiger partial charge in [-0.2, -0.15) is 4.98 Å². The molecule has 0 atom stereocenters. The van der Waals surface area contributed by atoms with E-state index >= 15 is 0 Å². The van der Waals surface area contributed by atoms with Crippen LogP contribution in [-0.4, -0.2) is 31.1 Å². The van der Waals surface area contributed by atoms with E-state index < -0.39 is 0 Å². The summed E-state index contributed by atoms with van der Waals surface area (Å²) in [4.78, 5) is 11.4. The van der Waals surface area contributed by atoms with Crippen LogP contribution < -0.4 is 5.73 Å². The molecule has 1 aliphatic heterocycles. The van der Waals surface area contributed by atoms with Crippen LogP contribution in [0.2, 0.25) is 0 Å². The van der Waals surface area contributed by atoms with Crippen LogP contribution in [0.25, 0.3) is 0 Å². The molecule has 7 nitrogen and oxygen atoms in total. The average molecular weight is 290 g/mol. The Bertz CT molecular complexity index is 629. The molecule has 0 unspecified atom stereocenters. The molecule has 0 spiro atoms. The summed E-state index contributed by atoms with van der Waals surface area (Å²) in [7, 11) is 2.11. The van der Waals surface area contributed by atoms with E-state index in [4.69, 9.17) is 15.2 Å². The molecule has 3 heterocycles. The summed E-state index contributed by atoms with van der Waals surface area (Å²) < 4.78 is 7.30. The van der Waals surface area contributed by atoms with E-state index in [0.29, 0.717) is 24.2 Å². The van der Waals surface area contributed by atoms with Gasteiger partial charge in [0.25, 0.3) is 0 Å². The zero-order chi connectivity index (χ0) is 15.0. The zero-order valence-electron chi connectivity index (χ0n) is 12.8. The summed E-state index contributed by atoms with van der Waals surface area (Å²) in [5.41, 5.74) is 8.01. The fraction of sp³-hybridized carbons (Fsp3) is 0.643. The summed E-state index contributed by atoms with van der Waals surface area (Å²) in [6, 6.07) is 0. The van der Waals surface area contributed by atoms with Crippen molar-refractivity contribution >= 4 is 0 Å². The maximum atomic E-state index is 5.48. The topological polar surface area (TPSA) is 86.0 Å². The molecule has 0 aromatic carbocycles. The molecule has 0 bridgehead atoms. The van der Waals surface area contributed by atoms with Gasteiger partial charge in [0.1, 0.15) is 5.82 Å². The molecule has 7 heteroatoms. The number of rotatable bonds is 4. The lowest BCUT2D eigenvalue weighted by Crippen LogP contribution is -2.31. The summed E-state index contributed by atoms with van der Waals surface area (Å²) in [6.07, 6.45) is 1.01. The summed E-state index contributed by atoms with van der Waals surface area (Å²) in [6.45, 7) is 7.14. The van der Waals surface area contributed by atoms with E-state index in [1.54, 1.807) is 0 Å². The van der Waals surface area contributed by atoms with Crippen LogP contribution >= 0.6 is 0 Å². The number of hydrogen-bond donors (Lipinski definition) is 1. The quantitative estimate of drug-likeness (QED) is 0.902. The summed E-state index contributed by atoms with van der Waals surface area (Å²) >= 11 is 0. The Morgan fingerprint density at radius 3 is 2.81 bits per heavy atom. The standard InChI is InChI=1S/C14H22N6O/c1-9(2)14-16-10-7-20(5-4-11(10)19(14)3)8-12-17-13(6-15)21-18-12/h9H,4-8,15H2,1-3H3. The Labute approximate surface area is 124 Å². The Hall–Kier alpha value is -1.73. The smallest absolute Gasteiger partial charge is 0.240 e. The summed E-state index contributed by atoms with van der Waals surface area (Å²) in [5.74, 6) is 2.78. The predicted molar refractivity (Wildman–Crippen MR) is 77.3 cm³/mol. The molecule has 1 aliphatic rings. The molecule has 0 saturated heterocycles. The molecule has 2 aromatic heterocycles. The minimum absolute atomic E-state index is 0.287. The molecule has 21 heavy (non-hydrogen) atoms. The van der Waals surface area contributed by atoms with Crippen molar-refractivity contribution in [1.82, 2.24) is 24.6 Å². The van der Waals surface area contributed by atoms with E-state index in [-0.39, 0.29) is 6.54 Å². The SMILES string of the molecule is CC(C)c1nc2c(n1C)CCN(Cc1noc(CN)n1)C2. The van der Waals surface area contributed by atoms with Gasteiger partial charge in [-0.25, -0.2) is 4.98 Å². The second-order valence-corrected chi connectivity index (χ2v) is 5.85. The lowest BCUT2D eigenvalue weighted by Gasteiger charge is -2.25. The van der Waals surface area contributed by atoms with Crippen LogP contribution in [0, 0.1) is 0 Å². The van der Waals surface area contributed by atoms with Gasteiger partial charge in [-0.3, -0.25) is 4.90 Å². The fourth-order valence-corrected chi connectivity index (χ4v) is 2.89. The van der Waals surface area contributed by atoms with Gasteiger partial charge in [0, 0.05) is 38.2 Å². The first-order chi connectivity index (χ1) is 10.1. The molecule has 0 aliphatic carbocycles. The molecule has 114 valence electrons. The predicted octanol–water partition coefficient (Wildman–Crippen LogP) is 0.944. The molecule has 0 saturated carbocycles. The van der Waals surface area contributed by atoms with Gasteiger partial charge in [-0.1, -0.05) is 19.0 Å². The van der Waals surface area contributed by atoms with Gasteiger partial charge in [0.05, 0.1) is 18.8 Å². The highest BCUT2D eigenvalue weighted by Gasteiger charge is 2.24. The third-order valence-electron chi connectivity index (χ3n) is 3.94. The lowest BCUT2D eigenvalue weighted by atomic mass is 10.1. The van der Waals surface area contributed by atoms with Gasteiger partial charge < -0.3 is 14.8 Å². The fourth-order valence-electron chi connectivity index (χ4n) is 2.89.